The van der Waals surface area contributed by atoms with Gasteiger partial charge in [0.25, 0.3) is 0 Å². The van der Waals surface area contributed by atoms with E-state index in [1.54, 1.807) is 0 Å². The molecule has 0 aromatic heterocycles. The van der Waals surface area contributed by atoms with Crippen molar-refractivity contribution in [1.29, 1.82) is 0 Å². The highest BCUT2D eigenvalue weighted by atomic mass is 16.2. The molecule has 2 aliphatic rings. The zero-order chi connectivity index (χ0) is 17.3. The van der Waals surface area contributed by atoms with Crippen LogP contribution in [0.4, 0.5) is 0 Å². The van der Waals surface area contributed by atoms with Gasteiger partial charge >= 0.3 is 0 Å². The van der Waals surface area contributed by atoms with Crippen LogP contribution in [-0.2, 0) is 10.2 Å². The summed E-state index contributed by atoms with van der Waals surface area (Å²) in [6.45, 7) is 4.10. The SMILES string of the molecule is CC(C(=O)NC1C2CCC1CNC2)(c1ccccc1)c1ccccc1. The maximum absolute atomic E-state index is 13.5. The summed E-state index contributed by atoms with van der Waals surface area (Å²) in [5, 5.41) is 6.94. The lowest BCUT2D eigenvalue weighted by molar-refractivity contribution is -0.126. The Labute approximate surface area is 149 Å². The minimum Gasteiger partial charge on any atom is -0.352 e. The van der Waals surface area contributed by atoms with E-state index in [4.69, 9.17) is 0 Å². The van der Waals surface area contributed by atoms with Gasteiger partial charge in [0.2, 0.25) is 5.91 Å². The van der Waals surface area contributed by atoms with Crippen molar-refractivity contribution in [2.75, 3.05) is 13.1 Å². The van der Waals surface area contributed by atoms with Gasteiger partial charge in [-0.15, -0.1) is 0 Å². The molecule has 0 radical (unpaired) electrons. The van der Waals surface area contributed by atoms with E-state index in [2.05, 4.69) is 41.8 Å². The highest BCUT2D eigenvalue weighted by Crippen LogP contribution is 2.36. The van der Waals surface area contributed by atoms with Gasteiger partial charge in [-0.05, 0) is 55.8 Å². The lowest BCUT2D eigenvalue weighted by Gasteiger charge is -2.36. The number of benzene rings is 2. The molecule has 2 aromatic carbocycles. The summed E-state index contributed by atoms with van der Waals surface area (Å²) in [5.74, 6) is 1.26. The van der Waals surface area contributed by atoms with Crippen LogP contribution in [0.3, 0.4) is 0 Å². The van der Waals surface area contributed by atoms with Crippen LogP contribution in [-0.4, -0.2) is 25.0 Å². The monoisotopic (exact) mass is 334 g/mol. The second-order valence-corrected chi connectivity index (χ2v) is 7.61. The van der Waals surface area contributed by atoms with Gasteiger partial charge in [0.15, 0.2) is 0 Å². The average Bonchev–Trinajstić information content (AvgIpc) is 2.89. The molecule has 1 heterocycles. The first kappa shape index (κ1) is 16.3. The van der Waals surface area contributed by atoms with Crippen LogP contribution in [0.5, 0.6) is 0 Å². The molecule has 0 spiro atoms. The minimum atomic E-state index is -0.674. The molecule has 3 heteroatoms. The normalized spacial score (nSPS) is 25.6. The van der Waals surface area contributed by atoms with E-state index in [0.717, 1.165) is 24.2 Å². The number of amides is 1. The lowest BCUT2D eigenvalue weighted by atomic mass is 9.75. The Kier molecular flexibility index (Phi) is 4.34. The number of nitrogens with one attached hydrogen (secondary N) is 2. The summed E-state index contributed by atoms with van der Waals surface area (Å²) in [5.41, 5.74) is 1.41. The molecular formula is C22H26N2O. The largest absolute Gasteiger partial charge is 0.352 e. The van der Waals surface area contributed by atoms with Crippen LogP contribution in [0.15, 0.2) is 60.7 Å². The average molecular weight is 334 g/mol. The molecular weight excluding hydrogens is 308 g/mol. The second kappa shape index (κ2) is 6.64. The van der Waals surface area contributed by atoms with Crippen LogP contribution >= 0.6 is 0 Å². The van der Waals surface area contributed by atoms with E-state index < -0.39 is 5.41 Å². The smallest absolute Gasteiger partial charge is 0.235 e. The quantitative estimate of drug-likeness (QED) is 0.902. The van der Waals surface area contributed by atoms with E-state index >= 15 is 0 Å². The zero-order valence-corrected chi connectivity index (χ0v) is 14.7. The standard InChI is InChI=1S/C22H26N2O/c1-22(18-8-4-2-5-9-18,19-10-6-3-7-11-19)21(25)24-20-16-12-13-17(20)15-23-14-16/h2-11,16-17,20,23H,12-15H2,1H3,(H,24,25). The molecule has 1 saturated carbocycles. The van der Waals surface area contributed by atoms with Crippen molar-refractivity contribution in [2.24, 2.45) is 11.8 Å². The lowest BCUT2D eigenvalue weighted by Crippen LogP contribution is -2.55. The van der Waals surface area contributed by atoms with Crippen LogP contribution in [0.25, 0.3) is 0 Å². The van der Waals surface area contributed by atoms with E-state index in [9.17, 15) is 4.79 Å². The molecule has 2 N–H and O–H groups in total. The third-order valence-corrected chi connectivity index (χ3v) is 6.19. The number of piperidine rings is 1. The summed E-state index contributed by atoms with van der Waals surface area (Å²) >= 11 is 0. The Balaban J connectivity index is 1.68. The Bertz CT molecular complexity index is 673. The van der Waals surface area contributed by atoms with Crippen molar-refractivity contribution >= 4 is 5.91 Å². The van der Waals surface area contributed by atoms with Crippen molar-refractivity contribution in [3.63, 3.8) is 0 Å². The van der Waals surface area contributed by atoms with Gasteiger partial charge < -0.3 is 10.6 Å². The van der Waals surface area contributed by atoms with E-state index in [-0.39, 0.29) is 5.91 Å². The third-order valence-electron chi connectivity index (χ3n) is 6.19. The van der Waals surface area contributed by atoms with Crippen LogP contribution in [0, 0.1) is 11.8 Å². The van der Waals surface area contributed by atoms with Gasteiger partial charge in [-0.2, -0.15) is 0 Å². The Morgan fingerprint density at radius 1 is 0.920 bits per heavy atom. The van der Waals surface area contributed by atoms with Crippen molar-refractivity contribution in [2.45, 2.75) is 31.2 Å². The number of fused-ring (bicyclic) bond motifs is 2. The minimum absolute atomic E-state index is 0.119. The molecule has 1 amide bonds. The van der Waals surface area contributed by atoms with Gasteiger partial charge in [0.1, 0.15) is 0 Å². The van der Waals surface area contributed by atoms with Crippen molar-refractivity contribution in [3.05, 3.63) is 71.8 Å². The van der Waals surface area contributed by atoms with Crippen LogP contribution in [0.1, 0.15) is 30.9 Å². The molecule has 2 bridgehead atoms. The molecule has 1 aliphatic carbocycles. The molecule has 25 heavy (non-hydrogen) atoms. The second-order valence-electron chi connectivity index (χ2n) is 7.61. The molecule has 4 rings (SSSR count). The maximum Gasteiger partial charge on any atom is 0.235 e. The Morgan fingerprint density at radius 3 is 1.88 bits per heavy atom. The van der Waals surface area contributed by atoms with E-state index in [1.807, 2.05) is 36.4 Å². The molecule has 2 unspecified atom stereocenters. The van der Waals surface area contributed by atoms with Gasteiger partial charge in [-0.1, -0.05) is 60.7 Å². The van der Waals surface area contributed by atoms with Crippen LogP contribution in [0.2, 0.25) is 0 Å². The van der Waals surface area contributed by atoms with E-state index in [1.165, 1.54) is 12.8 Å². The summed E-state index contributed by atoms with van der Waals surface area (Å²) in [7, 11) is 0. The Hall–Kier alpha value is -2.13. The molecule has 1 saturated heterocycles. The molecule has 1 aliphatic heterocycles. The summed E-state index contributed by atoms with van der Waals surface area (Å²) in [6.07, 6.45) is 2.44. The third kappa shape index (κ3) is 2.87. The highest BCUT2D eigenvalue weighted by Gasteiger charge is 2.44. The molecule has 2 atom stereocenters. The first-order chi connectivity index (χ1) is 12.2. The fourth-order valence-electron chi connectivity index (χ4n) is 4.59. The highest BCUT2D eigenvalue weighted by molar-refractivity contribution is 5.92. The number of rotatable bonds is 4. The molecule has 2 fully saturated rings. The zero-order valence-electron chi connectivity index (χ0n) is 14.7. The van der Waals surface area contributed by atoms with Crippen molar-refractivity contribution < 1.29 is 4.79 Å². The van der Waals surface area contributed by atoms with Gasteiger partial charge in [0.05, 0.1) is 5.41 Å². The topological polar surface area (TPSA) is 41.1 Å². The summed E-state index contributed by atoms with van der Waals surface area (Å²) in [4.78, 5) is 13.5. The fourth-order valence-corrected chi connectivity index (χ4v) is 4.59. The first-order valence-electron chi connectivity index (χ1n) is 9.32. The fraction of sp³-hybridized carbons (Fsp3) is 0.409. The van der Waals surface area contributed by atoms with Gasteiger partial charge in [0, 0.05) is 6.04 Å². The Morgan fingerprint density at radius 2 is 1.40 bits per heavy atom. The number of carbonyl (C=O) groups excluding carboxylic acids is 1. The predicted molar refractivity (Wildman–Crippen MR) is 100 cm³/mol. The summed E-state index contributed by atoms with van der Waals surface area (Å²) < 4.78 is 0. The first-order valence-corrected chi connectivity index (χ1v) is 9.32. The summed E-state index contributed by atoms with van der Waals surface area (Å²) in [6, 6.07) is 20.6. The molecule has 130 valence electrons. The van der Waals surface area contributed by atoms with Crippen molar-refractivity contribution in [3.8, 4) is 0 Å². The number of carbonyl (C=O) groups is 1. The number of hydrogen-bond donors (Lipinski definition) is 2. The number of hydrogen-bond acceptors (Lipinski definition) is 2. The molecule has 3 nitrogen and oxygen atoms in total. The van der Waals surface area contributed by atoms with Gasteiger partial charge in [-0.3, -0.25) is 4.79 Å². The predicted octanol–water partition coefficient (Wildman–Crippen LogP) is 3.11. The van der Waals surface area contributed by atoms with Crippen molar-refractivity contribution in [1.82, 2.24) is 10.6 Å². The molecule has 2 aromatic rings. The maximum atomic E-state index is 13.5. The van der Waals surface area contributed by atoms with E-state index in [0.29, 0.717) is 17.9 Å². The van der Waals surface area contributed by atoms with Crippen LogP contribution < -0.4 is 10.6 Å². The van der Waals surface area contributed by atoms with Gasteiger partial charge in [-0.25, -0.2) is 0 Å².